The average molecular weight is 643 g/mol. The molecule has 46 heavy (non-hydrogen) atoms. The van der Waals surface area contributed by atoms with Crippen LogP contribution < -0.4 is 0 Å². The Morgan fingerprint density at radius 2 is 1.74 bits per heavy atom. The zero-order valence-electron chi connectivity index (χ0n) is 28.7. The molecule has 8 heteroatoms. The highest BCUT2D eigenvalue weighted by Gasteiger charge is 2.47. The fraction of sp³-hybridized carbons (Fsp3) is 0.711. The molecule has 8 nitrogen and oxygen atoms in total. The molecular weight excluding hydrogens is 584 g/mol. The molecular formula is C38H58O8. The Hall–Kier alpha value is -2.07. The summed E-state index contributed by atoms with van der Waals surface area (Å²) in [5.74, 6) is 0.216. The van der Waals surface area contributed by atoms with E-state index in [1.807, 2.05) is 39.0 Å². The van der Waals surface area contributed by atoms with Gasteiger partial charge in [0.1, 0.15) is 0 Å². The van der Waals surface area contributed by atoms with E-state index in [-0.39, 0.29) is 61.2 Å². The summed E-state index contributed by atoms with van der Waals surface area (Å²) in [6.07, 6.45) is 5.40. The molecule has 4 rings (SSSR count). The lowest BCUT2D eigenvalue weighted by atomic mass is 9.81. The Kier molecular flexibility index (Phi) is 13.5. The smallest absolute Gasteiger partial charge is 0.311 e. The Morgan fingerprint density at radius 1 is 1.02 bits per heavy atom. The molecule has 0 aromatic heterocycles. The van der Waals surface area contributed by atoms with E-state index in [1.54, 1.807) is 7.11 Å². The summed E-state index contributed by atoms with van der Waals surface area (Å²) in [6.45, 7) is 16.7. The molecule has 0 radical (unpaired) electrons. The number of benzene rings is 1. The zero-order chi connectivity index (χ0) is 33.4. The minimum Gasteiger partial charge on any atom is -0.465 e. The second-order valence-electron chi connectivity index (χ2n) is 14.7. The molecule has 0 aliphatic carbocycles. The van der Waals surface area contributed by atoms with Crippen molar-refractivity contribution in [2.24, 2.45) is 17.3 Å². The van der Waals surface area contributed by atoms with E-state index in [0.717, 1.165) is 56.1 Å². The molecule has 3 aliphatic rings. The summed E-state index contributed by atoms with van der Waals surface area (Å²) in [5.41, 5.74) is 2.95. The van der Waals surface area contributed by atoms with Gasteiger partial charge in [0.05, 0.1) is 67.5 Å². The predicted molar refractivity (Wildman–Crippen MR) is 178 cm³/mol. The van der Waals surface area contributed by atoms with Gasteiger partial charge in [0, 0.05) is 25.9 Å². The highest BCUT2D eigenvalue weighted by atomic mass is 16.6. The molecule has 3 aliphatic heterocycles. The molecule has 3 fully saturated rings. The molecule has 3 saturated heterocycles. The summed E-state index contributed by atoms with van der Waals surface area (Å²) in [4.78, 5) is 12.0. The van der Waals surface area contributed by atoms with Crippen molar-refractivity contribution < 1.29 is 38.7 Å². The molecule has 258 valence electrons. The van der Waals surface area contributed by atoms with Crippen LogP contribution in [0.25, 0.3) is 0 Å². The van der Waals surface area contributed by atoms with E-state index in [4.69, 9.17) is 23.7 Å². The maximum absolute atomic E-state index is 12.0. The third-order valence-corrected chi connectivity index (χ3v) is 9.95. The zero-order valence-corrected chi connectivity index (χ0v) is 28.7. The Bertz CT molecular complexity index is 1130. The van der Waals surface area contributed by atoms with Gasteiger partial charge in [-0.3, -0.25) is 4.79 Å². The van der Waals surface area contributed by atoms with E-state index in [1.165, 1.54) is 5.56 Å². The molecule has 0 bridgehead atoms. The first-order valence-corrected chi connectivity index (χ1v) is 17.2. The van der Waals surface area contributed by atoms with Gasteiger partial charge in [0.2, 0.25) is 0 Å². The van der Waals surface area contributed by atoms with Crippen LogP contribution in [0, 0.1) is 17.3 Å². The number of hydrogen-bond acceptors (Lipinski definition) is 8. The first-order chi connectivity index (χ1) is 21.9. The van der Waals surface area contributed by atoms with Gasteiger partial charge in [-0.2, -0.15) is 0 Å². The second kappa shape index (κ2) is 16.8. The van der Waals surface area contributed by atoms with Crippen molar-refractivity contribution in [3.8, 4) is 0 Å². The lowest BCUT2D eigenvalue weighted by Crippen LogP contribution is -2.38. The lowest BCUT2D eigenvalue weighted by molar-refractivity contribution is -0.153. The van der Waals surface area contributed by atoms with Crippen LogP contribution in [0.3, 0.4) is 0 Å². The molecule has 3 heterocycles. The van der Waals surface area contributed by atoms with Gasteiger partial charge < -0.3 is 33.9 Å². The van der Waals surface area contributed by atoms with Crippen molar-refractivity contribution in [1.82, 2.24) is 0 Å². The molecule has 2 N–H and O–H groups in total. The summed E-state index contributed by atoms with van der Waals surface area (Å²) in [6, 6.07) is 10.4. The Morgan fingerprint density at radius 3 is 2.41 bits per heavy atom. The first-order valence-electron chi connectivity index (χ1n) is 17.2. The van der Waals surface area contributed by atoms with E-state index in [9.17, 15) is 15.0 Å². The predicted octanol–water partition coefficient (Wildman–Crippen LogP) is 5.97. The fourth-order valence-electron chi connectivity index (χ4n) is 7.23. The minimum atomic E-state index is -0.859. The molecule has 1 aromatic carbocycles. The first kappa shape index (κ1) is 36.8. The summed E-state index contributed by atoms with van der Waals surface area (Å²) in [7, 11) is 1.70. The summed E-state index contributed by atoms with van der Waals surface area (Å²) >= 11 is 0. The van der Waals surface area contributed by atoms with Gasteiger partial charge >= 0.3 is 5.97 Å². The molecule has 0 saturated carbocycles. The van der Waals surface area contributed by atoms with Gasteiger partial charge in [-0.25, -0.2) is 0 Å². The second-order valence-corrected chi connectivity index (χ2v) is 14.7. The van der Waals surface area contributed by atoms with Gasteiger partial charge in [0.15, 0.2) is 0 Å². The fourth-order valence-corrected chi connectivity index (χ4v) is 7.23. The van der Waals surface area contributed by atoms with Crippen molar-refractivity contribution in [2.75, 3.05) is 20.3 Å². The van der Waals surface area contributed by atoms with Crippen LogP contribution in [-0.2, 0) is 34.9 Å². The highest BCUT2D eigenvalue weighted by molar-refractivity contribution is 5.75. The topological polar surface area (TPSA) is 104 Å². The molecule has 0 spiro atoms. The Balaban J connectivity index is 1.32. The third kappa shape index (κ3) is 9.97. The number of aliphatic hydroxyl groups is 2. The summed E-state index contributed by atoms with van der Waals surface area (Å²) < 4.78 is 31.1. The van der Waals surface area contributed by atoms with Crippen LogP contribution in [0.5, 0.6) is 0 Å². The highest BCUT2D eigenvalue weighted by Crippen LogP contribution is 2.41. The number of esters is 1. The van der Waals surface area contributed by atoms with Crippen LogP contribution >= 0.6 is 0 Å². The van der Waals surface area contributed by atoms with Crippen molar-refractivity contribution in [3.63, 3.8) is 0 Å². The average Bonchev–Trinajstić information content (AvgIpc) is 3.53. The number of rotatable bonds is 15. The normalized spacial score (nSPS) is 32.5. The third-order valence-electron chi connectivity index (χ3n) is 9.95. The molecule has 2 unspecified atom stereocenters. The lowest BCUT2D eigenvalue weighted by Gasteiger charge is -2.38. The number of carbonyl (C=O) groups excluding carboxylic acids is 1. The van der Waals surface area contributed by atoms with Crippen molar-refractivity contribution >= 4 is 5.97 Å². The van der Waals surface area contributed by atoms with Gasteiger partial charge in [-0.1, -0.05) is 50.4 Å². The van der Waals surface area contributed by atoms with E-state index < -0.39 is 11.5 Å². The van der Waals surface area contributed by atoms with Gasteiger partial charge in [-0.05, 0) is 88.3 Å². The van der Waals surface area contributed by atoms with Crippen LogP contribution in [0.4, 0.5) is 0 Å². The van der Waals surface area contributed by atoms with Crippen LogP contribution in [0.1, 0.15) is 84.6 Å². The number of hydrogen-bond donors (Lipinski definition) is 2. The largest absolute Gasteiger partial charge is 0.465 e. The van der Waals surface area contributed by atoms with E-state index >= 15 is 0 Å². The maximum Gasteiger partial charge on any atom is 0.311 e. The Labute approximate surface area is 276 Å². The minimum absolute atomic E-state index is 0.0131. The van der Waals surface area contributed by atoms with E-state index in [0.29, 0.717) is 25.4 Å². The number of ether oxygens (including phenoxy) is 5. The number of methoxy groups -OCH3 is 1. The molecule has 0 amide bonds. The molecule has 10 atom stereocenters. The van der Waals surface area contributed by atoms with Crippen molar-refractivity contribution in [3.05, 3.63) is 60.2 Å². The van der Waals surface area contributed by atoms with Crippen LogP contribution in [0.2, 0.25) is 0 Å². The number of aliphatic hydroxyl groups excluding tert-OH is 2. The van der Waals surface area contributed by atoms with Crippen LogP contribution in [0.15, 0.2) is 54.6 Å². The molecule has 1 aromatic rings. The standard InChI is InChI=1S/C38H58O8/c1-24-18-30(15-16-32-25(2)19-29(44-32)14-11-17-43-37(41)38(4,5)6)45-33(26(24)3)22-34-31(20-27-12-9-8-10-13-27)36(42-7)35(46-34)21-28(40)23-39/h8-10,12-13,24,28-36,39-40H,2-3,11,14-23H2,1,4-7H3/t24-,28+,29+,30?,31+,32+,33?,34+,35-,36-/m1/s1. The number of carbonyl (C=O) groups is 1. The van der Waals surface area contributed by atoms with Crippen molar-refractivity contribution in [1.29, 1.82) is 0 Å². The van der Waals surface area contributed by atoms with E-state index in [2.05, 4.69) is 32.2 Å². The van der Waals surface area contributed by atoms with Gasteiger partial charge in [0.25, 0.3) is 0 Å². The SMILES string of the molecule is C=C1C(C[C@@H]2O[C@H](C[C@H](O)CO)[C@H](OC)[C@H]2Cc2ccccc2)OC(CC[C@@H]2O[C@@H](CCCOC(=O)C(C)(C)C)CC2=C)C[C@H]1C. The maximum atomic E-state index is 12.0. The quantitative estimate of drug-likeness (QED) is 0.137. The van der Waals surface area contributed by atoms with Crippen molar-refractivity contribution in [2.45, 2.75) is 134 Å². The monoisotopic (exact) mass is 642 g/mol. The summed E-state index contributed by atoms with van der Waals surface area (Å²) in [5, 5.41) is 19.8. The van der Waals surface area contributed by atoms with Gasteiger partial charge in [-0.15, -0.1) is 0 Å². The van der Waals surface area contributed by atoms with Crippen LogP contribution in [-0.4, -0.2) is 85.3 Å².